The number of nitrogens with one attached hydrogen (secondary N) is 1. The summed E-state index contributed by atoms with van der Waals surface area (Å²) in [5, 5.41) is 3.28. The van der Waals surface area contributed by atoms with Crippen molar-refractivity contribution in [3.05, 3.63) is 64.7 Å². The first-order valence-electron chi connectivity index (χ1n) is 9.16. The monoisotopic (exact) mass is 418 g/mol. The number of anilines is 1. The molecule has 1 aliphatic heterocycles. The maximum Gasteiger partial charge on any atom is 0.411 e. The first-order chi connectivity index (χ1) is 13.5. The third-order valence-electron chi connectivity index (χ3n) is 4.63. The summed E-state index contributed by atoms with van der Waals surface area (Å²) in [7, 11) is 0. The number of hydrogen-bond donors (Lipinski definition) is 1. The van der Waals surface area contributed by atoms with Gasteiger partial charge in [-0.25, -0.2) is 4.79 Å². The highest BCUT2D eigenvalue weighted by Crippen LogP contribution is 2.40. The largest absolute Gasteiger partial charge is 0.447 e. The van der Waals surface area contributed by atoms with Crippen molar-refractivity contribution in [3.8, 4) is 0 Å². The number of ether oxygens (including phenoxy) is 1. The first-order valence-corrected chi connectivity index (χ1v) is 10.6. The average molecular weight is 419 g/mol. The summed E-state index contributed by atoms with van der Waals surface area (Å²) in [5.74, 6) is 0.471. The molecule has 0 radical (unpaired) electrons. The van der Waals surface area contributed by atoms with Crippen LogP contribution in [0.3, 0.4) is 0 Å². The molecule has 2 amide bonds. The molecule has 2 aromatic rings. The number of nitrogens with zero attached hydrogens (tertiary/aromatic N) is 1. The predicted octanol–water partition coefficient (Wildman–Crippen LogP) is 5.25. The molecule has 0 spiro atoms. The van der Waals surface area contributed by atoms with Crippen molar-refractivity contribution >= 4 is 41.1 Å². The van der Waals surface area contributed by atoms with Crippen molar-refractivity contribution in [1.82, 2.24) is 4.90 Å². The maximum absolute atomic E-state index is 12.5. The van der Waals surface area contributed by atoms with Crippen LogP contribution >= 0.6 is 23.4 Å². The lowest BCUT2D eigenvalue weighted by Crippen LogP contribution is -2.41. The molecule has 0 aromatic heterocycles. The predicted molar refractivity (Wildman–Crippen MR) is 114 cm³/mol. The van der Waals surface area contributed by atoms with Crippen LogP contribution in [-0.4, -0.2) is 35.3 Å². The fraction of sp³-hybridized carbons (Fsp3) is 0.333. The summed E-state index contributed by atoms with van der Waals surface area (Å²) < 4.78 is 5.42. The van der Waals surface area contributed by atoms with Gasteiger partial charge in [0, 0.05) is 10.7 Å². The SMILES string of the molecule is CC[C@@H](COC(=O)Nc1ccc(C)cc1)N1C(=O)CS[C@@H]1c1ccc(Cl)cc1. The summed E-state index contributed by atoms with van der Waals surface area (Å²) in [6.07, 6.45) is 0.165. The van der Waals surface area contributed by atoms with Crippen molar-refractivity contribution in [2.24, 2.45) is 0 Å². The molecule has 1 fully saturated rings. The maximum atomic E-state index is 12.5. The van der Waals surface area contributed by atoms with Crippen LogP contribution in [0.5, 0.6) is 0 Å². The molecule has 1 N–H and O–H groups in total. The zero-order chi connectivity index (χ0) is 20.1. The second-order valence-corrected chi connectivity index (χ2v) is 8.17. The number of carbonyl (C=O) groups excluding carboxylic acids is 2. The summed E-state index contributed by atoms with van der Waals surface area (Å²) in [4.78, 5) is 26.5. The highest BCUT2D eigenvalue weighted by Gasteiger charge is 2.37. The van der Waals surface area contributed by atoms with Crippen LogP contribution in [0.15, 0.2) is 48.5 Å². The van der Waals surface area contributed by atoms with Gasteiger partial charge in [0.2, 0.25) is 5.91 Å². The Morgan fingerprint density at radius 1 is 1.25 bits per heavy atom. The van der Waals surface area contributed by atoms with E-state index < -0.39 is 6.09 Å². The molecule has 2 atom stereocenters. The molecule has 2 aromatic carbocycles. The van der Waals surface area contributed by atoms with E-state index in [0.717, 1.165) is 11.1 Å². The van der Waals surface area contributed by atoms with E-state index in [1.165, 1.54) is 0 Å². The van der Waals surface area contributed by atoms with Gasteiger partial charge in [-0.3, -0.25) is 10.1 Å². The van der Waals surface area contributed by atoms with E-state index in [2.05, 4.69) is 5.32 Å². The minimum Gasteiger partial charge on any atom is -0.447 e. The van der Waals surface area contributed by atoms with Crippen LogP contribution in [-0.2, 0) is 9.53 Å². The van der Waals surface area contributed by atoms with Gasteiger partial charge < -0.3 is 9.64 Å². The van der Waals surface area contributed by atoms with Gasteiger partial charge in [0.25, 0.3) is 0 Å². The van der Waals surface area contributed by atoms with E-state index in [1.54, 1.807) is 11.8 Å². The average Bonchev–Trinajstić information content (AvgIpc) is 3.06. The van der Waals surface area contributed by atoms with Crippen LogP contribution in [0.25, 0.3) is 0 Å². The quantitative estimate of drug-likeness (QED) is 0.696. The van der Waals surface area contributed by atoms with Gasteiger partial charge in [-0.2, -0.15) is 0 Å². The van der Waals surface area contributed by atoms with Gasteiger partial charge in [0.1, 0.15) is 12.0 Å². The van der Waals surface area contributed by atoms with Crippen molar-refractivity contribution in [2.45, 2.75) is 31.7 Å². The van der Waals surface area contributed by atoms with Crippen molar-refractivity contribution < 1.29 is 14.3 Å². The van der Waals surface area contributed by atoms with Crippen molar-refractivity contribution in [1.29, 1.82) is 0 Å². The molecular formula is C21H23ClN2O3S. The van der Waals surface area contributed by atoms with Gasteiger partial charge in [-0.05, 0) is 43.2 Å². The van der Waals surface area contributed by atoms with Gasteiger partial charge >= 0.3 is 6.09 Å². The van der Waals surface area contributed by atoms with Crippen LogP contribution in [0.4, 0.5) is 10.5 Å². The fourth-order valence-electron chi connectivity index (χ4n) is 3.07. The lowest BCUT2D eigenvalue weighted by atomic mass is 10.1. The van der Waals surface area contributed by atoms with Gasteiger partial charge in [0.15, 0.2) is 0 Å². The zero-order valence-corrected chi connectivity index (χ0v) is 17.4. The summed E-state index contributed by atoms with van der Waals surface area (Å²) in [6, 6.07) is 14.8. The molecule has 0 unspecified atom stereocenters. The Morgan fingerprint density at radius 3 is 2.57 bits per heavy atom. The smallest absolute Gasteiger partial charge is 0.411 e. The van der Waals surface area contributed by atoms with E-state index in [4.69, 9.17) is 16.3 Å². The highest BCUT2D eigenvalue weighted by atomic mass is 35.5. The summed E-state index contributed by atoms with van der Waals surface area (Å²) in [6.45, 7) is 4.11. The molecule has 0 aliphatic carbocycles. The summed E-state index contributed by atoms with van der Waals surface area (Å²) >= 11 is 7.56. The van der Waals surface area contributed by atoms with Gasteiger partial charge in [-0.1, -0.05) is 48.4 Å². The molecule has 148 valence electrons. The highest BCUT2D eigenvalue weighted by molar-refractivity contribution is 8.00. The molecule has 0 bridgehead atoms. The molecule has 5 nitrogen and oxygen atoms in total. The molecule has 7 heteroatoms. The molecule has 0 saturated carbocycles. The Kier molecular flexibility index (Phi) is 6.86. The molecular weight excluding hydrogens is 396 g/mol. The lowest BCUT2D eigenvalue weighted by molar-refractivity contribution is -0.131. The number of benzene rings is 2. The number of thioether (sulfide) groups is 1. The van der Waals surface area contributed by atoms with E-state index in [-0.39, 0.29) is 23.9 Å². The van der Waals surface area contributed by atoms with E-state index in [0.29, 0.717) is 22.9 Å². The van der Waals surface area contributed by atoms with Gasteiger partial charge in [0.05, 0.1) is 11.8 Å². The van der Waals surface area contributed by atoms with E-state index in [9.17, 15) is 9.59 Å². The lowest BCUT2D eigenvalue weighted by Gasteiger charge is -2.32. The van der Waals surface area contributed by atoms with Crippen LogP contribution < -0.4 is 5.32 Å². The Labute approximate surface area is 174 Å². The van der Waals surface area contributed by atoms with Crippen LogP contribution in [0, 0.1) is 6.92 Å². The third-order valence-corrected chi connectivity index (χ3v) is 6.11. The normalized spacial score (nSPS) is 17.5. The Balaban J connectivity index is 1.63. The zero-order valence-electron chi connectivity index (χ0n) is 15.9. The number of rotatable bonds is 6. The van der Waals surface area contributed by atoms with Crippen molar-refractivity contribution in [3.63, 3.8) is 0 Å². The number of halogens is 1. The second kappa shape index (κ2) is 9.34. The van der Waals surface area contributed by atoms with Crippen molar-refractivity contribution in [2.75, 3.05) is 17.7 Å². The molecule has 1 saturated heterocycles. The first kappa shape index (κ1) is 20.6. The summed E-state index contributed by atoms with van der Waals surface area (Å²) in [5.41, 5.74) is 2.81. The Hall–Kier alpha value is -2.18. The molecule has 3 rings (SSSR count). The number of carbonyl (C=O) groups is 2. The minimum absolute atomic E-state index is 0.0549. The standard InChI is InChI=1S/C21H23ClN2O3S/c1-3-18(12-27-21(26)23-17-10-4-14(2)5-11-17)24-19(25)13-28-20(24)15-6-8-16(22)9-7-15/h4-11,18,20H,3,12-13H2,1-2H3,(H,23,26)/t18-,20+/m0/s1. The third kappa shape index (κ3) is 5.00. The molecule has 1 heterocycles. The molecule has 28 heavy (non-hydrogen) atoms. The second-order valence-electron chi connectivity index (χ2n) is 6.67. The van der Waals surface area contributed by atoms with Crippen LogP contribution in [0.2, 0.25) is 5.02 Å². The number of hydrogen-bond acceptors (Lipinski definition) is 4. The fourth-order valence-corrected chi connectivity index (χ4v) is 4.45. The van der Waals surface area contributed by atoms with Crippen LogP contribution in [0.1, 0.15) is 29.8 Å². The Bertz CT molecular complexity index is 827. The topological polar surface area (TPSA) is 58.6 Å². The van der Waals surface area contributed by atoms with Gasteiger partial charge in [-0.15, -0.1) is 11.8 Å². The van der Waals surface area contributed by atoms with E-state index >= 15 is 0 Å². The Morgan fingerprint density at radius 2 is 1.93 bits per heavy atom. The molecule has 1 aliphatic rings. The van der Waals surface area contributed by atoms with E-state index in [1.807, 2.05) is 67.3 Å². The number of aryl methyl sites for hydroxylation is 1. The minimum atomic E-state index is -0.523. The number of amides is 2.